The maximum atomic E-state index is 13.5. The van der Waals surface area contributed by atoms with Gasteiger partial charge in [0.15, 0.2) is 6.10 Å². The number of carbonyl (C=O) groups excluding carboxylic acids is 2. The Hall–Kier alpha value is -3.10. The fourth-order valence-electron chi connectivity index (χ4n) is 3.35. The van der Waals surface area contributed by atoms with Gasteiger partial charge in [0.1, 0.15) is 28.0 Å². The van der Waals surface area contributed by atoms with Crippen LogP contribution in [0.5, 0.6) is 11.5 Å². The predicted molar refractivity (Wildman–Crippen MR) is 124 cm³/mol. The molecule has 7 nitrogen and oxygen atoms in total. The zero-order chi connectivity index (χ0) is 22.8. The van der Waals surface area contributed by atoms with Gasteiger partial charge in [-0.2, -0.15) is 0 Å². The van der Waals surface area contributed by atoms with E-state index in [0.717, 1.165) is 0 Å². The molecule has 2 aromatic carbocycles. The summed E-state index contributed by atoms with van der Waals surface area (Å²) in [4.78, 5) is 34.1. The van der Waals surface area contributed by atoms with Gasteiger partial charge in [0.25, 0.3) is 11.8 Å². The third kappa shape index (κ3) is 4.56. The summed E-state index contributed by atoms with van der Waals surface area (Å²) >= 11 is 7.19. The smallest absolute Gasteiger partial charge is 0.270 e. The number of hydrogen-bond donors (Lipinski definition) is 0. The van der Waals surface area contributed by atoms with E-state index in [-0.39, 0.29) is 25.0 Å². The van der Waals surface area contributed by atoms with Gasteiger partial charge in [-0.3, -0.25) is 14.5 Å². The average molecular weight is 472 g/mol. The molecule has 0 bridgehead atoms. The number of amides is 2. The maximum Gasteiger partial charge on any atom is 0.270 e. The number of fused-ring (bicyclic) bond motifs is 1. The van der Waals surface area contributed by atoms with Gasteiger partial charge in [0.2, 0.25) is 0 Å². The Kier molecular flexibility index (Phi) is 6.34. The topological polar surface area (TPSA) is 72.0 Å². The fourth-order valence-corrected chi connectivity index (χ4v) is 4.41. The van der Waals surface area contributed by atoms with Gasteiger partial charge >= 0.3 is 0 Å². The van der Waals surface area contributed by atoms with Gasteiger partial charge in [0.05, 0.1) is 17.9 Å². The van der Waals surface area contributed by atoms with Gasteiger partial charge in [-0.15, -0.1) is 11.3 Å². The van der Waals surface area contributed by atoms with Crippen LogP contribution in [0.25, 0.3) is 0 Å². The molecule has 0 saturated heterocycles. The van der Waals surface area contributed by atoms with Gasteiger partial charge < -0.3 is 14.4 Å². The number of thiazole rings is 1. The zero-order valence-corrected chi connectivity index (χ0v) is 19.4. The van der Waals surface area contributed by atoms with Crippen molar-refractivity contribution >= 4 is 40.4 Å². The van der Waals surface area contributed by atoms with Crippen molar-refractivity contribution in [3.05, 3.63) is 69.1 Å². The Morgan fingerprint density at radius 1 is 1.22 bits per heavy atom. The second kappa shape index (κ2) is 9.18. The molecule has 1 aliphatic heterocycles. The number of aryl methyl sites for hydroxylation is 1. The molecule has 0 N–H and O–H groups in total. The van der Waals surface area contributed by atoms with Crippen molar-refractivity contribution < 1.29 is 19.1 Å². The summed E-state index contributed by atoms with van der Waals surface area (Å²) in [5, 5.41) is 1.32. The fraction of sp³-hybridized carbons (Fsp3) is 0.261. The summed E-state index contributed by atoms with van der Waals surface area (Å²) in [5.41, 5.74) is 1.25. The number of halogens is 1. The highest BCUT2D eigenvalue weighted by Gasteiger charge is 2.36. The minimum absolute atomic E-state index is 0.126. The van der Waals surface area contributed by atoms with Crippen LogP contribution in [0.15, 0.2) is 48.5 Å². The van der Waals surface area contributed by atoms with E-state index in [1.807, 2.05) is 18.2 Å². The van der Waals surface area contributed by atoms with E-state index >= 15 is 0 Å². The van der Waals surface area contributed by atoms with Crippen LogP contribution in [0, 0.1) is 6.92 Å². The number of likely N-dealkylation sites (N-methyl/N-ethyl adjacent to an activating group) is 1. The quantitative estimate of drug-likeness (QED) is 0.558. The lowest BCUT2D eigenvalue weighted by Crippen LogP contribution is -2.50. The molecule has 2 heterocycles. The number of para-hydroxylation sites is 2. The third-order valence-electron chi connectivity index (χ3n) is 4.95. The first-order valence-corrected chi connectivity index (χ1v) is 11.2. The number of aromatic nitrogens is 1. The molecule has 0 aliphatic carbocycles. The summed E-state index contributed by atoms with van der Waals surface area (Å²) in [6.07, 6.45) is -0.773. The van der Waals surface area contributed by atoms with Crippen molar-refractivity contribution in [3.8, 4) is 11.5 Å². The lowest BCUT2D eigenvalue weighted by atomic mass is 10.1. The second-order valence-corrected chi connectivity index (χ2v) is 9.01. The monoisotopic (exact) mass is 471 g/mol. The number of ether oxygens (including phenoxy) is 2. The van der Waals surface area contributed by atoms with E-state index < -0.39 is 6.10 Å². The highest BCUT2D eigenvalue weighted by atomic mass is 35.5. The number of nitrogens with zero attached hydrogens (tertiary/aromatic N) is 3. The zero-order valence-electron chi connectivity index (χ0n) is 17.9. The molecular formula is C23H22ClN3O4S. The van der Waals surface area contributed by atoms with Crippen molar-refractivity contribution in [1.82, 2.24) is 9.88 Å². The van der Waals surface area contributed by atoms with Crippen LogP contribution < -0.4 is 14.4 Å². The molecule has 1 unspecified atom stereocenters. The number of hydrogen-bond acceptors (Lipinski definition) is 6. The first-order chi connectivity index (χ1) is 15.3. The van der Waals surface area contributed by atoms with Crippen molar-refractivity contribution in [2.45, 2.75) is 19.6 Å². The first-order valence-electron chi connectivity index (χ1n) is 9.97. The Morgan fingerprint density at radius 2 is 1.94 bits per heavy atom. The van der Waals surface area contributed by atoms with Crippen molar-refractivity contribution in [3.63, 3.8) is 0 Å². The van der Waals surface area contributed by atoms with E-state index in [1.165, 1.54) is 16.2 Å². The van der Waals surface area contributed by atoms with Crippen molar-refractivity contribution in [2.24, 2.45) is 0 Å². The number of anilines is 1. The Balaban J connectivity index is 1.56. The molecule has 1 atom stereocenters. The van der Waals surface area contributed by atoms with Crippen LogP contribution in [0.3, 0.4) is 0 Å². The lowest BCUT2D eigenvalue weighted by molar-refractivity contribution is -0.135. The third-order valence-corrected chi connectivity index (χ3v) is 6.32. The highest BCUT2D eigenvalue weighted by molar-refractivity contribution is 7.13. The van der Waals surface area contributed by atoms with Crippen LogP contribution in [0.2, 0.25) is 5.02 Å². The molecule has 0 radical (unpaired) electrons. The minimum Gasteiger partial charge on any atom is -0.486 e. The molecule has 4 rings (SSSR count). The average Bonchev–Trinajstić information content (AvgIpc) is 3.17. The van der Waals surface area contributed by atoms with E-state index in [9.17, 15) is 9.59 Å². The van der Waals surface area contributed by atoms with Gasteiger partial charge in [-0.1, -0.05) is 23.7 Å². The Labute approximate surface area is 195 Å². The van der Waals surface area contributed by atoms with E-state index in [1.54, 1.807) is 56.3 Å². The van der Waals surface area contributed by atoms with Gasteiger partial charge in [0, 0.05) is 19.1 Å². The molecule has 3 aromatic rings. The van der Waals surface area contributed by atoms with Crippen molar-refractivity contribution in [2.75, 3.05) is 25.5 Å². The van der Waals surface area contributed by atoms with E-state index in [2.05, 4.69) is 4.98 Å². The van der Waals surface area contributed by atoms with E-state index in [0.29, 0.717) is 37.8 Å². The summed E-state index contributed by atoms with van der Waals surface area (Å²) in [5.74, 6) is 0.753. The molecule has 2 amide bonds. The van der Waals surface area contributed by atoms with Crippen LogP contribution >= 0.6 is 22.9 Å². The molecule has 166 valence electrons. The number of rotatable bonds is 5. The van der Waals surface area contributed by atoms with Gasteiger partial charge in [-0.25, -0.2) is 4.98 Å². The number of carbonyl (C=O) groups is 2. The predicted octanol–water partition coefficient (Wildman–Crippen LogP) is 4.18. The van der Waals surface area contributed by atoms with Gasteiger partial charge in [-0.05, 0) is 43.3 Å². The molecule has 9 heteroatoms. The molecule has 0 spiro atoms. The SMILES string of the molecule is Cc1nc(COc2ccc(Cl)cc2)sc1C(=O)N1CC(C(=O)N(C)C)Oc2ccccc21. The lowest BCUT2D eigenvalue weighted by Gasteiger charge is -2.34. The molecule has 0 fully saturated rings. The van der Waals surface area contributed by atoms with Crippen molar-refractivity contribution in [1.29, 1.82) is 0 Å². The molecular weight excluding hydrogens is 450 g/mol. The minimum atomic E-state index is -0.773. The highest BCUT2D eigenvalue weighted by Crippen LogP contribution is 2.35. The normalized spacial score (nSPS) is 15.0. The van der Waals surface area contributed by atoms with Crippen LogP contribution in [-0.4, -0.2) is 48.4 Å². The van der Waals surface area contributed by atoms with E-state index in [4.69, 9.17) is 21.1 Å². The summed E-state index contributed by atoms with van der Waals surface area (Å²) < 4.78 is 11.6. The maximum absolute atomic E-state index is 13.5. The first kappa shape index (κ1) is 22.1. The Bertz CT molecular complexity index is 1150. The van der Waals surface area contributed by atoms with Crippen LogP contribution in [0.4, 0.5) is 5.69 Å². The molecule has 1 aromatic heterocycles. The summed E-state index contributed by atoms with van der Waals surface area (Å²) in [6.45, 7) is 2.16. The molecule has 1 aliphatic rings. The molecule has 32 heavy (non-hydrogen) atoms. The summed E-state index contributed by atoms with van der Waals surface area (Å²) in [6, 6.07) is 14.3. The van der Waals surface area contributed by atoms with Crippen LogP contribution in [0.1, 0.15) is 20.4 Å². The largest absolute Gasteiger partial charge is 0.486 e. The standard InChI is InChI=1S/C23H22ClN3O4S/c1-14-21(32-20(25-14)13-30-16-10-8-15(24)9-11-16)23(29)27-12-19(22(28)26(2)3)31-18-7-5-4-6-17(18)27/h4-11,19H,12-13H2,1-3H3. The Morgan fingerprint density at radius 3 is 2.66 bits per heavy atom. The number of benzene rings is 2. The summed E-state index contributed by atoms with van der Waals surface area (Å²) in [7, 11) is 3.33. The second-order valence-electron chi connectivity index (χ2n) is 7.49. The van der Waals surface area contributed by atoms with Crippen LogP contribution in [-0.2, 0) is 11.4 Å². The molecule has 0 saturated carbocycles.